The van der Waals surface area contributed by atoms with E-state index in [1.54, 1.807) is 6.26 Å². The van der Waals surface area contributed by atoms with Crippen molar-refractivity contribution in [3.8, 4) is 0 Å². The van der Waals surface area contributed by atoms with Crippen LogP contribution in [0.25, 0.3) is 0 Å². The smallest absolute Gasteiger partial charge is 0.158 e. The monoisotopic (exact) mass is 233 g/mol. The standard InChI is InChI=1S/C12H15N3O2/c16-8-9-3-4-12-13-11(14-15(12)7-9)6-10-2-1-5-17-10/h1-2,5,9,16H,3-4,6-8H2. The summed E-state index contributed by atoms with van der Waals surface area (Å²) in [5.74, 6) is 3.03. The first-order valence-corrected chi connectivity index (χ1v) is 5.91. The fourth-order valence-corrected chi connectivity index (χ4v) is 2.22. The van der Waals surface area contributed by atoms with Gasteiger partial charge < -0.3 is 9.52 Å². The highest BCUT2D eigenvalue weighted by Gasteiger charge is 2.21. The van der Waals surface area contributed by atoms with Crippen LogP contribution >= 0.6 is 0 Å². The molecule has 1 aliphatic rings. The zero-order chi connectivity index (χ0) is 11.7. The number of hydrogen-bond acceptors (Lipinski definition) is 4. The fourth-order valence-electron chi connectivity index (χ4n) is 2.22. The Balaban J connectivity index is 1.78. The number of fused-ring (bicyclic) bond motifs is 1. The van der Waals surface area contributed by atoms with Crippen molar-refractivity contribution >= 4 is 0 Å². The molecule has 0 bridgehead atoms. The van der Waals surface area contributed by atoms with Crippen LogP contribution in [-0.4, -0.2) is 26.5 Å². The summed E-state index contributed by atoms with van der Waals surface area (Å²) in [4.78, 5) is 4.50. The van der Waals surface area contributed by atoms with Crippen molar-refractivity contribution < 1.29 is 9.52 Å². The predicted molar refractivity (Wildman–Crippen MR) is 60.4 cm³/mol. The van der Waals surface area contributed by atoms with Gasteiger partial charge in [-0.25, -0.2) is 9.67 Å². The van der Waals surface area contributed by atoms with Gasteiger partial charge in [-0.15, -0.1) is 0 Å². The Labute approximate surface area is 99.1 Å². The Morgan fingerprint density at radius 2 is 2.47 bits per heavy atom. The van der Waals surface area contributed by atoms with Gasteiger partial charge in [-0.05, 0) is 18.6 Å². The van der Waals surface area contributed by atoms with Gasteiger partial charge >= 0.3 is 0 Å². The van der Waals surface area contributed by atoms with Crippen LogP contribution in [0.2, 0.25) is 0 Å². The molecule has 2 aromatic heterocycles. The van der Waals surface area contributed by atoms with E-state index in [2.05, 4.69) is 10.1 Å². The van der Waals surface area contributed by atoms with Crippen molar-refractivity contribution in [2.24, 2.45) is 5.92 Å². The number of rotatable bonds is 3. The molecule has 0 amide bonds. The van der Waals surface area contributed by atoms with E-state index in [0.717, 1.165) is 36.8 Å². The molecule has 0 radical (unpaired) electrons. The minimum absolute atomic E-state index is 0.229. The molecule has 0 aliphatic carbocycles. The second-order valence-corrected chi connectivity index (χ2v) is 4.47. The molecule has 1 aliphatic heterocycles. The maximum atomic E-state index is 9.15. The third kappa shape index (κ3) is 2.10. The molecule has 5 heteroatoms. The third-order valence-electron chi connectivity index (χ3n) is 3.17. The predicted octanol–water partition coefficient (Wildman–Crippen LogP) is 1.02. The summed E-state index contributed by atoms with van der Waals surface area (Å²) in [5, 5.41) is 13.6. The number of aromatic nitrogens is 3. The summed E-state index contributed by atoms with van der Waals surface area (Å²) in [6.45, 7) is 1.00. The highest BCUT2D eigenvalue weighted by Crippen LogP contribution is 2.18. The van der Waals surface area contributed by atoms with Crippen LogP contribution in [-0.2, 0) is 19.4 Å². The van der Waals surface area contributed by atoms with E-state index in [1.165, 1.54) is 0 Å². The molecule has 1 unspecified atom stereocenters. The van der Waals surface area contributed by atoms with Gasteiger partial charge in [0.25, 0.3) is 0 Å². The Hall–Kier alpha value is -1.62. The molecule has 0 saturated carbocycles. The van der Waals surface area contributed by atoms with E-state index in [1.807, 2.05) is 16.8 Å². The summed E-state index contributed by atoms with van der Waals surface area (Å²) in [6, 6.07) is 3.80. The van der Waals surface area contributed by atoms with Crippen LogP contribution in [0.4, 0.5) is 0 Å². The van der Waals surface area contributed by atoms with Crippen molar-refractivity contribution in [3.63, 3.8) is 0 Å². The summed E-state index contributed by atoms with van der Waals surface area (Å²) in [7, 11) is 0. The highest BCUT2D eigenvalue weighted by molar-refractivity contribution is 5.07. The minimum atomic E-state index is 0.229. The molecule has 0 saturated heterocycles. The van der Waals surface area contributed by atoms with Crippen LogP contribution in [0, 0.1) is 5.92 Å². The molecule has 17 heavy (non-hydrogen) atoms. The summed E-state index contributed by atoms with van der Waals surface area (Å²) in [5.41, 5.74) is 0. The molecule has 5 nitrogen and oxygen atoms in total. The molecule has 0 fully saturated rings. The molecule has 0 spiro atoms. The molecule has 90 valence electrons. The molecule has 1 atom stereocenters. The maximum Gasteiger partial charge on any atom is 0.158 e. The first-order chi connectivity index (χ1) is 8.35. The van der Waals surface area contributed by atoms with Gasteiger partial charge in [-0.3, -0.25) is 0 Å². The van der Waals surface area contributed by atoms with E-state index in [9.17, 15) is 0 Å². The average molecular weight is 233 g/mol. The van der Waals surface area contributed by atoms with Crippen LogP contribution in [0.5, 0.6) is 0 Å². The number of nitrogens with zero attached hydrogens (tertiary/aromatic N) is 3. The first-order valence-electron chi connectivity index (χ1n) is 5.91. The van der Waals surface area contributed by atoms with E-state index in [-0.39, 0.29) is 6.61 Å². The lowest BCUT2D eigenvalue weighted by Crippen LogP contribution is -2.23. The Morgan fingerprint density at radius 3 is 3.24 bits per heavy atom. The zero-order valence-corrected chi connectivity index (χ0v) is 9.54. The van der Waals surface area contributed by atoms with E-state index in [4.69, 9.17) is 9.52 Å². The summed E-state index contributed by atoms with van der Waals surface area (Å²) < 4.78 is 7.20. The fraction of sp³-hybridized carbons (Fsp3) is 0.500. The van der Waals surface area contributed by atoms with Crippen molar-refractivity contribution in [3.05, 3.63) is 35.8 Å². The van der Waals surface area contributed by atoms with Crippen molar-refractivity contribution in [2.45, 2.75) is 25.8 Å². The lowest BCUT2D eigenvalue weighted by molar-refractivity contribution is 0.185. The van der Waals surface area contributed by atoms with Gasteiger partial charge in [0, 0.05) is 25.5 Å². The average Bonchev–Trinajstić information content (AvgIpc) is 2.96. The quantitative estimate of drug-likeness (QED) is 0.859. The van der Waals surface area contributed by atoms with E-state index >= 15 is 0 Å². The SMILES string of the molecule is OCC1CCc2nc(Cc3ccco3)nn2C1. The van der Waals surface area contributed by atoms with Crippen LogP contribution in [0.3, 0.4) is 0 Å². The number of hydrogen-bond donors (Lipinski definition) is 1. The second kappa shape index (κ2) is 4.33. The lowest BCUT2D eigenvalue weighted by Gasteiger charge is -2.19. The molecule has 2 aromatic rings. The van der Waals surface area contributed by atoms with Crippen molar-refractivity contribution in [1.29, 1.82) is 0 Å². The Bertz CT molecular complexity index is 490. The first kappa shape index (κ1) is 10.5. The summed E-state index contributed by atoms with van der Waals surface area (Å²) >= 11 is 0. The third-order valence-corrected chi connectivity index (χ3v) is 3.17. The Kier molecular flexibility index (Phi) is 2.68. The zero-order valence-electron chi connectivity index (χ0n) is 9.54. The summed E-state index contributed by atoms with van der Waals surface area (Å²) in [6.07, 6.45) is 4.19. The minimum Gasteiger partial charge on any atom is -0.469 e. The molecule has 3 heterocycles. The lowest BCUT2D eigenvalue weighted by atomic mass is 10.0. The molecular weight excluding hydrogens is 218 g/mol. The van der Waals surface area contributed by atoms with Gasteiger partial charge in [-0.2, -0.15) is 5.10 Å². The Morgan fingerprint density at radius 1 is 1.53 bits per heavy atom. The molecule has 1 N–H and O–H groups in total. The topological polar surface area (TPSA) is 64.1 Å². The number of aryl methyl sites for hydroxylation is 1. The van der Waals surface area contributed by atoms with Crippen molar-refractivity contribution in [1.82, 2.24) is 14.8 Å². The van der Waals surface area contributed by atoms with Gasteiger partial charge in [0.05, 0.1) is 12.7 Å². The molecule has 3 rings (SSSR count). The maximum absolute atomic E-state index is 9.15. The van der Waals surface area contributed by atoms with Crippen LogP contribution in [0.15, 0.2) is 22.8 Å². The molecule has 0 aromatic carbocycles. The van der Waals surface area contributed by atoms with Crippen LogP contribution < -0.4 is 0 Å². The largest absolute Gasteiger partial charge is 0.469 e. The normalized spacial score (nSPS) is 19.2. The van der Waals surface area contributed by atoms with Crippen LogP contribution in [0.1, 0.15) is 23.8 Å². The van der Waals surface area contributed by atoms with E-state index < -0.39 is 0 Å². The van der Waals surface area contributed by atoms with Crippen molar-refractivity contribution in [2.75, 3.05) is 6.61 Å². The second-order valence-electron chi connectivity index (χ2n) is 4.47. The number of aliphatic hydroxyl groups excluding tert-OH is 1. The molecular formula is C12H15N3O2. The highest BCUT2D eigenvalue weighted by atomic mass is 16.3. The van der Waals surface area contributed by atoms with E-state index in [0.29, 0.717) is 12.3 Å². The van der Waals surface area contributed by atoms with Gasteiger partial charge in [0.1, 0.15) is 11.6 Å². The van der Waals surface area contributed by atoms with Gasteiger partial charge in [0.15, 0.2) is 5.82 Å². The number of furan rings is 1. The van der Waals surface area contributed by atoms with Gasteiger partial charge in [0.2, 0.25) is 0 Å². The van der Waals surface area contributed by atoms with Gasteiger partial charge in [-0.1, -0.05) is 0 Å². The number of aliphatic hydroxyl groups is 1.